The Morgan fingerprint density at radius 2 is 1.88 bits per heavy atom. The zero-order valence-corrected chi connectivity index (χ0v) is 13.7. The Kier molecular flexibility index (Phi) is 4.78. The van der Waals surface area contributed by atoms with Crippen molar-refractivity contribution >= 4 is 17.9 Å². The van der Waals surface area contributed by atoms with Crippen LogP contribution in [0.15, 0.2) is 42.7 Å². The Balaban J connectivity index is 2.00. The molecule has 0 atom stereocenters. The molecule has 4 nitrogen and oxygen atoms in total. The average Bonchev–Trinajstić information content (AvgIpc) is 3.00. The number of benzene rings is 1. The summed E-state index contributed by atoms with van der Waals surface area (Å²) >= 11 is 5.67. The monoisotopic (exact) mass is 383 g/mol. The second-order valence-corrected chi connectivity index (χ2v) is 5.83. The Morgan fingerprint density at radius 1 is 1.19 bits per heavy atom. The Hall–Kier alpha value is -2.74. The van der Waals surface area contributed by atoms with Crippen LogP contribution < -0.4 is 0 Å². The molecule has 0 radical (unpaired) electrons. The van der Waals surface area contributed by atoms with Gasteiger partial charge in [0.2, 0.25) is 0 Å². The van der Waals surface area contributed by atoms with Crippen LogP contribution in [0.4, 0.5) is 17.6 Å². The van der Waals surface area contributed by atoms with E-state index in [-0.39, 0.29) is 28.8 Å². The summed E-state index contributed by atoms with van der Waals surface area (Å²) in [4.78, 5) is 19.0. The lowest BCUT2D eigenvalue weighted by Gasteiger charge is -2.10. The van der Waals surface area contributed by atoms with Crippen molar-refractivity contribution in [3.05, 3.63) is 70.5 Å². The van der Waals surface area contributed by atoms with Crippen LogP contribution >= 0.6 is 11.6 Å². The highest BCUT2D eigenvalue weighted by Gasteiger charge is 2.30. The van der Waals surface area contributed by atoms with E-state index in [2.05, 4.69) is 9.97 Å². The molecule has 0 fully saturated rings. The molecule has 0 aliphatic rings. The summed E-state index contributed by atoms with van der Waals surface area (Å²) in [6.07, 6.45) is -1.32. The van der Waals surface area contributed by atoms with Gasteiger partial charge in [-0.3, -0.25) is 9.78 Å². The molecule has 0 aliphatic heterocycles. The van der Waals surface area contributed by atoms with E-state index in [1.54, 1.807) is 0 Å². The maximum Gasteiger partial charge on any atom is 0.416 e. The van der Waals surface area contributed by atoms with Crippen LogP contribution in [-0.2, 0) is 12.7 Å². The van der Waals surface area contributed by atoms with Crippen LogP contribution in [0.5, 0.6) is 0 Å². The predicted molar refractivity (Wildman–Crippen MR) is 86.4 cm³/mol. The molecule has 1 aromatic carbocycles. The van der Waals surface area contributed by atoms with E-state index < -0.39 is 17.6 Å². The Labute approximate surface area is 150 Å². The number of carbonyl (C=O) groups excluding carboxylic acids is 1. The van der Waals surface area contributed by atoms with Crippen LogP contribution in [0.2, 0.25) is 5.02 Å². The number of nitrogens with zero attached hydrogens (tertiary/aromatic N) is 3. The SMILES string of the molecule is O=Cc1cn(Cc2ncc(Cl)cc2F)c(-c2ccc(C(F)(F)F)cc2)n1. The maximum absolute atomic E-state index is 14.0. The van der Waals surface area contributed by atoms with Crippen molar-refractivity contribution in [3.8, 4) is 11.4 Å². The topological polar surface area (TPSA) is 47.8 Å². The number of hydrogen-bond donors (Lipinski definition) is 0. The molecule has 3 aromatic rings. The summed E-state index contributed by atoms with van der Waals surface area (Å²) in [6, 6.07) is 5.40. The molecular formula is C17H10ClF4N3O. The Bertz CT molecular complexity index is 952. The smallest absolute Gasteiger partial charge is 0.324 e. The fourth-order valence-electron chi connectivity index (χ4n) is 2.37. The summed E-state index contributed by atoms with van der Waals surface area (Å²) < 4.78 is 53.5. The first kappa shape index (κ1) is 18.1. The van der Waals surface area contributed by atoms with Gasteiger partial charge < -0.3 is 4.57 Å². The second-order valence-electron chi connectivity index (χ2n) is 5.39. The molecule has 0 bridgehead atoms. The van der Waals surface area contributed by atoms with E-state index >= 15 is 0 Å². The van der Waals surface area contributed by atoms with Gasteiger partial charge in [0, 0.05) is 18.0 Å². The van der Waals surface area contributed by atoms with Crippen LogP contribution in [0.1, 0.15) is 21.7 Å². The van der Waals surface area contributed by atoms with Gasteiger partial charge in [-0.2, -0.15) is 13.2 Å². The maximum atomic E-state index is 14.0. The van der Waals surface area contributed by atoms with Crippen molar-refractivity contribution in [1.82, 2.24) is 14.5 Å². The number of carbonyl (C=O) groups is 1. The highest BCUT2D eigenvalue weighted by Crippen LogP contribution is 2.31. The fraction of sp³-hybridized carbons (Fsp3) is 0.118. The molecular weight excluding hydrogens is 374 g/mol. The van der Waals surface area contributed by atoms with Gasteiger partial charge in [-0.15, -0.1) is 0 Å². The number of pyridine rings is 1. The lowest BCUT2D eigenvalue weighted by molar-refractivity contribution is -0.137. The zero-order valence-electron chi connectivity index (χ0n) is 13.0. The van der Waals surface area contributed by atoms with Crippen molar-refractivity contribution in [3.63, 3.8) is 0 Å². The molecule has 0 amide bonds. The Morgan fingerprint density at radius 3 is 2.46 bits per heavy atom. The van der Waals surface area contributed by atoms with Crippen LogP contribution in [0.3, 0.4) is 0 Å². The van der Waals surface area contributed by atoms with Crippen LogP contribution in [-0.4, -0.2) is 20.8 Å². The zero-order chi connectivity index (χ0) is 18.9. The van der Waals surface area contributed by atoms with Crippen molar-refractivity contribution in [2.24, 2.45) is 0 Å². The summed E-state index contributed by atoms with van der Waals surface area (Å²) in [6.45, 7) is -0.0692. The van der Waals surface area contributed by atoms with E-state index in [1.165, 1.54) is 29.1 Å². The predicted octanol–water partition coefficient (Wildman–Crippen LogP) is 4.62. The van der Waals surface area contributed by atoms with E-state index in [1.807, 2.05) is 0 Å². The molecule has 0 aliphatic carbocycles. The molecule has 0 saturated heterocycles. The fourth-order valence-corrected chi connectivity index (χ4v) is 2.52. The highest BCUT2D eigenvalue weighted by atomic mass is 35.5. The van der Waals surface area contributed by atoms with E-state index in [9.17, 15) is 22.4 Å². The van der Waals surface area contributed by atoms with Crippen molar-refractivity contribution < 1.29 is 22.4 Å². The van der Waals surface area contributed by atoms with Crippen LogP contribution in [0.25, 0.3) is 11.4 Å². The van der Waals surface area contributed by atoms with Gasteiger partial charge in [-0.1, -0.05) is 23.7 Å². The quantitative estimate of drug-likeness (QED) is 0.488. The molecule has 0 unspecified atom stereocenters. The second kappa shape index (κ2) is 6.87. The number of alkyl halides is 3. The minimum Gasteiger partial charge on any atom is -0.324 e. The van der Waals surface area contributed by atoms with Gasteiger partial charge >= 0.3 is 6.18 Å². The van der Waals surface area contributed by atoms with Gasteiger partial charge in [0.25, 0.3) is 0 Å². The lowest BCUT2D eigenvalue weighted by Crippen LogP contribution is -2.06. The van der Waals surface area contributed by atoms with Gasteiger partial charge in [0.1, 0.15) is 17.3 Å². The summed E-state index contributed by atoms with van der Waals surface area (Å²) in [5.74, 6) is -0.422. The first-order valence-corrected chi connectivity index (χ1v) is 7.65. The first-order chi connectivity index (χ1) is 12.3. The summed E-state index contributed by atoms with van der Waals surface area (Å²) in [7, 11) is 0. The summed E-state index contributed by atoms with van der Waals surface area (Å²) in [5, 5.41) is 0.133. The number of hydrogen-bond acceptors (Lipinski definition) is 3. The van der Waals surface area contributed by atoms with Crippen molar-refractivity contribution in [1.29, 1.82) is 0 Å². The van der Waals surface area contributed by atoms with E-state index in [0.29, 0.717) is 11.8 Å². The van der Waals surface area contributed by atoms with Crippen molar-refractivity contribution in [2.75, 3.05) is 0 Å². The number of aldehydes is 1. The van der Waals surface area contributed by atoms with Gasteiger partial charge in [-0.05, 0) is 18.2 Å². The van der Waals surface area contributed by atoms with Gasteiger partial charge in [0.05, 0.1) is 22.8 Å². The minimum absolute atomic E-state index is 0.0532. The molecule has 2 heterocycles. The minimum atomic E-state index is -4.46. The molecule has 26 heavy (non-hydrogen) atoms. The molecule has 134 valence electrons. The van der Waals surface area contributed by atoms with Crippen LogP contribution in [0, 0.1) is 5.82 Å². The van der Waals surface area contributed by atoms with Crippen molar-refractivity contribution in [2.45, 2.75) is 12.7 Å². The number of rotatable bonds is 4. The molecule has 3 rings (SSSR count). The van der Waals surface area contributed by atoms with E-state index in [4.69, 9.17) is 11.6 Å². The third kappa shape index (κ3) is 3.75. The molecule has 0 N–H and O–H groups in total. The molecule has 0 spiro atoms. The molecule has 2 aromatic heterocycles. The summed E-state index contributed by atoms with van der Waals surface area (Å²) in [5.41, 5.74) is -0.340. The number of aromatic nitrogens is 3. The van der Waals surface area contributed by atoms with E-state index in [0.717, 1.165) is 18.2 Å². The third-order valence-corrected chi connectivity index (χ3v) is 3.80. The van der Waals surface area contributed by atoms with Gasteiger partial charge in [-0.25, -0.2) is 9.37 Å². The van der Waals surface area contributed by atoms with Gasteiger partial charge in [0.15, 0.2) is 6.29 Å². The normalized spacial score (nSPS) is 11.6. The highest BCUT2D eigenvalue weighted by molar-refractivity contribution is 6.30. The standard InChI is InChI=1S/C17H10ClF4N3O/c18-12-5-14(19)15(23-6-12)8-25-7-13(9-26)24-16(25)10-1-3-11(4-2-10)17(20,21)22/h1-7,9H,8H2. The molecule has 0 saturated carbocycles. The number of imidazole rings is 1. The molecule has 9 heteroatoms. The third-order valence-electron chi connectivity index (χ3n) is 3.59. The average molecular weight is 384 g/mol. The number of halogens is 5. The first-order valence-electron chi connectivity index (χ1n) is 7.28. The lowest BCUT2D eigenvalue weighted by atomic mass is 10.1. The largest absolute Gasteiger partial charge is 0.416 e.